The fourth-order valence-corrected chi connectivity index (χ4v) is 3.48. The second-order valence-electron chi connectivity index (χ2n) is 6.80. The second kappa shape index (κ2) is 9.31. The summed E-state index contributed by atoms with van der Waals surface area (Å²) >= 11 is 3.19. The van der Waals surface area contributed by atoms with E-state index >= 15 is 0 Å². The minimum Gasteiger partial charge on any atom is -0.487 e. The molecule has 3 aromatic rings. The highest BCUT2D eigenvalue weighted by Crippen LogP contribution is 2.27. The van der Waals surface area contributed by atoms with Gasteiger partial charge in [-0.15, -0.1) is 0 Å². The number of aromatic nitrogens is 1. The van der Waals surface area contributed by atoms with Crippen LogP contribution in [0.3, 0.4) is 0 Å². The fourth-order valence-electron chi connectivity index (χ4n) is 3.08. The number of halogens is 3. The van der Waals surface area contributed by atoms with Gasteiger partial charge in [0.05, 0.1) is 11.3 Å². The van der Waals surface area contributed by atoms with Crippen LogP contribution in [0.15, 0.2) is 51.7 Å². The number of hydrogen-bond acceptors (Lipinski definition) is 4. The van der Waals surface area contributed by atoms with Gasteiger partial charge in [-0.25, -0.2) is 8.78 Å². The summed E-state index contributed by atoms with van der Waals surface area (Å²) in [5, 5.41) is 2.48. The van der Waals surface area contributed by atoms with Crippen molar-refractivity contribution < 1.29 is 23.1 Å². The molecule has 0 saturated carbocycles. The maximum Gasteiger partial charge on any atom is 0.273 e. The molecule has 0 atom stereocenters. The van der Waals surface area contributed by atoms with Gasteiger partial charge in [0, 0.05) is 36.0 Å². The molecule has 0 aliphatic rings. The smallest absolute Gasteiger partial charge is 0.273 e. The number of carbonyl (C=O) groups excluding carboxylic acids is 2. The first-order valence-corrected chi connectivity index (χ1v) is 10.1. The normalized spacial score (nSPS) is 10.7. The number of rotatable bonds is 6. The maximum atomic E-state index is 13.9. The molecular formula is C22H18BrF2N3O4. The van der Waals surface area contributed by atoms with Gasteiger partial charge in [-0.1, -0.05) is 0 Å². The van der Waals surface area contributed by atoms with Crippen molar-refractivity contribution in [3.8, 4) is 11.4 Å². The van der Waals surface area contributed by atoms with E-state index in [0.29, 0.717) is 5.69 Å². The Morgan fingerprint density at radius 1 is 1.16 bits per heavy atom. The number of nitrogens with two attached hydrogens (primary N) is 1. The predicted octanol–water partition coefficient (Wildman–Crippen LogP) is 3.22. The standard InChI is InChI=1S/C22H18BrF2N3O4/c1-11-7-18(32-10-13-3-5-14(24)9-16(13)25)19(23)22(31)28(11)17-8-12(20(26)29)4-6-15(17)21(30)27-2/h3-9H,10H2,1-2H3,(H2,26,29)(H,27,30). The Labute approximate surface area is 189 Å². The van der Waals surface area contributed by atoms with Gasteiger partial charge in [0.2, 0.25) is 5.91 Å². The molecule has 0 spiro atoms. The van der Waals surface area contributed by atoms with Crippen molar-refractivity contribution in [2.75, 3.05) is 7.05 Å². The Balaban J connectivity index is 2.08. The first-order chi connectivity index (χ1) is 15.1. The summed E-state index contributed by atoms with van der Waals surface area (Å²) < 4.78 is 33.8. The van der Waals surface area contributed by atoms with Crippen molar-refractivity contribution >= 4 is 27.7 Å². The van der Waals surface area contributed by atoms with Crippen LogP contribution in [0.4, 0.5) is 8.78 Å². The molecule has 10 heteroatoms. The van der Waals surface area contributed by atoms with Gasteiger partial charge in [-0.2, -0.15) is 0 Å². The van der Waals surface area contributed by atoms with E-state index in [1.54, 1.807) is 6.92 Å². The second-order valence-corrected chi connectivity index (χ2v) is 7.60. The topological polar surface area (TPSA) is 103 Å². The van der Waals surface area contributed by atoms with Gasteiger partial charge in [0.1, 0.15) is 28.5 Å². The minimum atomic E-state index is -0.773. The third-order valence-corrected chi connectivity index (χ3v) is 5.42. The number of carbonyl (C=O) groups is 2. The zero-order valence-corrected chi connectivity index (χ0v) is 18.6. The number of primary amides is 1. The van der Waals surface area contributed by atoms with E-state index in [4.69, 9.17) is 10.5 Å². The summed E-state index contributed by atoms with van der Waals surface area (Å²) in [6, 6.07) is 8.74. The number of pyridine rings is 1. The summed E-state index contributed by atoms with van der Waals surface area (Å²) in [5.74, 6) is -2.55. The molecule has 3 N–H and O–H groups in total. The number of nitrogens with zero attached hydrogens (tertiary/aromatic N) is 1. The quantitative estimate of drug-likeness (QED) is 0.536. The van der Waals surface area contributed by atoms with Crippen LogP contribution in [-0.2, 0) is 6.61 Å². The molecule has 32 heavy (non-hydrogen) atoms. The minimum absolute atomic E-state index is 0.0120. The summed E-state index contributed by atoms with van der Waals surface area (Å²) in [6.45, 7) is 1.36. The monoisotopic (exact) mass is 505 g/mol. The molecule has 166 valence electrons. The van der Waals surface area contributed by atoms with Crippen molar-refractivity contribution in [1.29, 1.82) is 0 Å². The Morgan fingerprint density at radius 2 is 1.88 bits per heavy atom. The zero-order valence-electron chi connectivity index (χ0n) is 17.0. The Morgan fingerprint density at radius 3 is 2.50 bits per heavy atom. The highest BCUT2D eigenvalue weighted by molar-refractivity contribution is 9.10. The molecule has 0 aliphatic heterocycles. The van der Waals surface area contributed by atoms with Gasteiger partial charge in [-0.3, -0.25) is 19.0 Å². The molecule has 1 aromatic heterocycles. The van der Waals surface area contributed by atoms with E-state index in [2.05, 4.69) is 21.2 Å². The number of ether oxygens (including phenoxy) is 1. The van der Waals surface area contributed by atoms with Crippen molar-refractivity contribution in [2.24, 2.45) is 5.73 Å². The predicted molar refractivity (Wildman–Crippen MR) is 117 cm³/mol. The summed E-state index contributed by atoms with van der Waals surface area (Å²) in [5.41, 5.74) is 5.68. The molecule has 0 radical (unpaired) electrons. The van der Waals surface area contributed by atoms with E-state index in [0.717, 1.165) is 12.1 Å². The molecule has 7 nitrogen and oxygen atoms in total. The number of amides is 2. The fraction of sp³-hybridized carbons (Fsp3) is 0.136. The number of aryl methyl sites for hydroxylation is 1. The van der Waals surface area contributed by atoms with E-state index in [1.807, 2.05) is 0 Å². The van der Waals surface area contributed by atoms with Crippen LogP contribution in [0.2, 0.25) is 0 Å². The van der Waals surface area contributed by atoms with E-state index < -0.39 is 29.0 Å². The molecule has 3 rings (SSSR count). The van der Waals surface area contributed by atoms with Gasteiger partial charge in [-0.05, 0) is 53.2 Å². The summed E-state index contributed by atoms with van der Waals surface area (Å²) in [7, 11) is 1.44. The molecule has 2 amide bonds. The lowest BCUT2D eigenvalue weighted by Crippen LogP contribution is -2.27. The lowest BCUT2D eigenvalue weighted by Gasteiger charge is -2.17. The van der Waals surface area contributed by atoms with E-state index in [1.165, 1.54) is 41.9 Å². The Bertz CT molecular complexity index is 1290. The molecule has 0 fully saturated rings. The average molecular weight is 506 g/mol. The van der Waals surface area contributed by atoms with Crippen molar-refractivity contribution in [3.63, 3.8) is 0 Å². The molecule has 0 aliphatic carbocycles. The maximum absolute atomic E-state index is 13.9. The molecule has 2 aromatic carbocycles. The van der Waals surface area contributed by atoms with Crippen LogP contribution in [0.25, 0.3) is 5.69 Å². The van der Waals surface area contributed by atoms with Gasteiger partial charge >= 0.3 is 0 Å². The third kappa shape index (κ3) is 4.54. The van der Waals surface area contributed by atoms with Crippen LogP contribution < -0.4 is 21.3 Å². The average Bonchev–Trinajstić information content (AvgIpc) is 2.75. The highest BCUT2D eigenvalue weighted by Gasteiger charge is 2.20. The summed E-state index contributed by atoms with van der Waals surface area (Å²) in [6.07, 6.45) is 0. The summed E-state index contributed by atoms with van der Waals surface area (Å²) in [4.78, 5) is 37.1. The van der Waals surface area contributed by atoms with Crippen molar-refractivity contribution in [2.45, 2.75) is 13.5 Å². The van der Waals surface area contributed by atoms with Crippen LogP contribution in [0.1, 0.15) is 32.0 Å². The first-order valence-electron chi connectivity index (χ1n) is 9.29. The van der Waals surface area contributed by atoms with Gasteiger partial charge < -0.3 is 15.8 Å². The number of nitrogens with one attached hydrogen (secondary N) is 1. The molecule has 1 heterocycles. The number of hydrogen-bond donors (Lipinski definition) is 2. The molecule has 0 bridgehead atoms. The van der Waals surface area contributed by atoms with Gasteiger partial charge in [0.25, 0.3) is 11.5 Å². The van der Waals surface area contributed by atoms with E-state index in [-0.39, 0.29) is 39.2 Å². The highest BCUT2D eigenvalue weighted by atomic mass is 79.9. The van der Waals surface area contributed by atoms with Crippen LogP contribution in [0.5, 0.6) is 5.75 Å². The van der Waals surface area contributed by atoms with Crippen molar-refractivity contribution in [3.05, 3.63) is 91.3 Å². The van der Waals surface area contributed by atoms with Crippen molar-refractivity contribution in [1.82, 2.24) is 9.88 Å². The number of benzene rings is 2. The molecule has 0 saturated heterocycles. The van der Waals surface area contributed by atoms with Crippen LogP contribution in [0, 0.1) is 18.6 Å². The zero-order chi connectivity index (χ0) is 23.6. The lowest BCUT2D eigenvalue weighted by atomic mass is 10.1. The Hall–Kier alpha value is -3.53. The van der Waals surface area contributed by atoms with Crippen LogP contribution >= 0.6 is 15.9 Å². The van der Waals surface area contributed by atoms with Gasteiger partial charge in [0.15, 0.2) is 0 Å². The molecular weight excluding hydrogens is 488 g/mol. The first kappa shape index (κ1) is 23.1. The Kier molecular flexibility index (Phi) is 6.73. The lowest BCUT2D eigenvalue weighted by molar-refractivity contribution is 0.0959. The van der Waals surface area contributed by atoms with E-state index in [9.17, 15) is 23.2 Å². The third-order valence-electron chi connectivity index (χ3n) is 4.69. The largest absolute Gasteiger partial charge is 0.487 e. The molecule has 0 unspecified atom stereocenters. The van der Waals surface area contributed by atoms with Crippen LogP contribution in [-0.4, -0.2) is 23.4 Å². The SMILES string of the molecule is CNC(=O)c1ccc(C(N)=O)cc1-n1c(C)cc(OCc2ccc(F)cc2F)c(Br)c1=O.